The lowest BCUT2D eigenvalue weighted by atomic mass is 9.80. The van der Waals surface area contributed by atoms with Crippen LogP contribution in [0, 0.1) is 0 Å². The van der Waals surface area contributed by atoms with E-state index in [4.69, 9.17) is 18.9 Å². The highest BCUT2D eigenvalue weighted by molar-refractivity contribution is 7.90. The van der Waals surface area contributed by atoms with Crippen molar-refractivity contribution in [1.82, 2.24) is 9.97 Å². The van der Waals surface area contributed by atoms with Gasteiger partial charge in [-0.25, -0.2) is 18.4 Å². The van der Waals surface area contributed by atoms with Crippen molar-refractivity contribution in [1.29, 1.82) is 0 Å². The van der Waals surface area contributed by atoms with Crippen molar-refractivity contribution in [2.75, 3.05) is 27.1 Å². The summed E-state index contributed by atoms with van der Waals surface area (Å²) >= 11 is 0. The summed E-state index contributed by atoms with van der Waals surface area (Å²) in [5, 5.41) is 10.7. The molecular formula is C31H32N2O7S. The molecule has 0 aliphatic carbocycles. The minimum Gasteiger partial charge on any atom is -0.497 e. The molecule has 0 saturated carbocycles. The highest BCUT2D eigenvalue weighted by atomic mass is 32.2. The molecule has 0 bridgehead atoms. The summed E-state index contributed by atoms with van der Waals surface area (Å²) in [6.07, 6.45) is 0.488. The largest absolute Gasteiger partial charge is 0.497 e. The first kappa shape index (κ1) is 28.7. The van der Waals surface area contributed by atoms with E-state index in [1.165, 1.54) is 6.20 Å². The van der Waals surface area contributed by atoms with E-state index in [1.54, 1.807) is 20.3 Å². The Morgan fingerprint density at radius 3 is 1.98 bits per heavy atom. The van der Waals surface area contributed by atoms with Gasteiger partial charge in [-0.3, -0.25) is 0 Å². The van der Waals surface area contributed by atoms with Gasteiger partial charge in [0.1, 0.15) is 29.3 Å². The third-order valence-corrected chi connectivity index (χ3v) is 8.04. The van der Waals surface area contributed by atoms with Gasteiger partial charge in [-0.1, -0.05) is 54.6 Å². The van der Waals surface area contributed by atoms with E-state index in [-0.39, 0.29) is 18.2 Å². The first-order chi connectivity index (χ1) is 19.7. The van der Waals surface area contributed by atoms with Crippen LogP contribution in [0.25, 0.3) is 0 Å². The van der Waals surface area contributed by atoms with Crippen LogP contribution in [0.4, 0.5) is 0 Å². The van der Waals surface area contributed by atoms with Crippen LogP contribution >= 0.6 is 0 Å². The molecule has 1 aliphatic heterocycles. The van der Waals surface area contributed by atoms with Gasteiger partial charge in [0.05, 0.1) is 32.6 Å². The molecule has 3 atom stereocenters. The molecule has 4 aromatic rings. The van der Waals surface area contributed by atoms with Gasteiger partial charge < -0.3 is 24.1 Å². The topological polar surface area (TPSA) is 117 Å². The average Bonchev–Trinajstić information content (AvgIpc) is 3.38. The summed E-state index contributed by atoms with van der Waals surface area (Å²) in [6, 6.07) is 26.8. The lowest BCUT2D eigenvalue weighted by Gasteiger charge is -2.37. The van der Waals surface area contributed by atoms with Crippen molar-refractivity contribution < 1.29 is 32.5 Å². The fraction of sp³-hybridized carbons (Fsp3) is 0.290. The number of aliphatic hydroxyl groups is 1. The van der Waals surface area contributed by atoms with Crippen LogP contribution in [0.1, 0.15) is 34.9 Å². The third kappa shape index (κ3) is 5.96. The number of methoxy groups -OCH3 is 2. The van der Waals surface area contributed by atoms with Gasteiger partial charge in [0, 0.05) is 18.9 Å². The summed E-state index contributed by atoms with van der Waals surface area (Å²) in [6.45, 7) is 0.0363. The highest BCUT2D eigenvalue weighted by Gasteiger charge is 2.42. The maximum atomic E-state index is 12.0. The van der Waals surface area contributed by atoms with Crippen LogP contribution in [0.3, 0.4) is 0 Å². The fourth-order valence-corrected chi connectivity index (χ4v) is 5.59. The first-order valence-electron chi connectivity index (χ1n) is 13.1. The monoisotopic (exact) mass is 576 g/mol. The average molecular weight is 577 g/mol. The first-order valence-corrected chi connectivity index (χ1v) is 15.0. The maximum Gasteiger partial charge on any atom is 0.247 e. The Bertz CT molecular complexity index is 1520. The Hall–Kier alpha value is -3.83. The molecular weight excluding hydrogens is 544 g/mol. The standard InChI is InChI=1S/C31H32N2O7S/c1-37-24-13-9-22(10-14-24)31(21-7-5-4-6-8-21,23-11-15-25(38-2)16-12-23)39-20-29-27(34)19-28(40-29)26-17-18-32-30(33-26)41(3,35)36/h4-18,27-29,34H,19-20H2,1-3H3/t27-,28+,29+/m0/s1. The van der Waals surface area contributed by atoms with Crippen LogP contribution in [0.2, 0.25) is 0 Å². The molecule has 1 aromatic heterocycles. The van der Waals surface area contributed by atoms with E-state index < -0.39 is 33.8 Å². The van der Waals surface area contributed by atoms with Crippen LogP contribution < -0.4 is 9.47 Å². The van der Waals surface area contributed by atoms with Gasteiger partial charge in [-0.05, 0) is 47.0 Å². The number of hydrogen-bond acceptors (Lipinski definition) is 9. The highest BCUT2D eigenvalue weighted by Crippen LogP contribution is 2.43. The Morgan fingerprint density at radius 2 is 1.44 bits per heavy atom. The number of benzene rings is 3. The Labute approximate surface area is 239 Å². The van der Waals surface area contributed by atoms with E-state index in [2.05, 4.69) is 9.97 Å². The number of hydrogen-bond donors (Lipinski definition) is 1. The van der Waals surface area contributed by atoms with Gasteiger partial charge in [0.25, 0.3) is 0 Å². The number of aromatic nitrogens is 2. The molecule has 214 valence electrons. The van der Waals surface area contributed by atoms with Crippen LogP contribution in [-0.4, -0.2) is 62.8 Å². The van der Waals surface area contributed by atoms with E-state index in [1.807, 2.05) is 78.9 Å². The molecule has 1 aliphatic rings. The maximum absolute atomic E-state index is 12.0. The van der Waals surface area contributed by atoms with Crippen molar-refractivity contribution in [3.05, 3.63) is 114 Å². The molecule has 1 saturated heterocycles. The number of aliphatic hydroxyl groups excluding tert-OH is 1. The molecule has 2 heterocycles. The molecule has 0 spiro atoms. The van der Waals surface area contributed by atoms with E-state index >= 15 is 0 Å². The molecule has 0 unspecified atom stereocenters. The van der Waals surface area contributed by atoms with E-state index in [0.717, 1.165) is 22.9 Å². The number of ether oxygens (including phenoxy) is 4. The Morgan fingerprint density at radius 1 is 0.878 bits per heavy atom. The molecule has 3 aromatic carbocycles. The molecule has 1 N–H and O–H groups in total. The zero-order chi connectivity index (χ0) is 29.0. The minimum atomic E-state index is -3.60. The number of rotatable bonds is 10. The number of sulfone groups is 1. The van der Waals surface area contributed by atoms with Gasteiger partial charge in [-0.2, -0.15) is 0 Å². The quantitative estimate of drug-likeness (QED) is 0.220. The van der Waals surface area contributed by atoms with Crippen molar-refractivity contribution in [2.24, 2.45) is 0 Å². The summed E-state index contributed by atoms with van der Waals surface area (Å²) < 4.78 is 47.8. The molecule has 41 heavy (non-hydrogen) atoms. The van der Waals surface area contributed by atoms with E-state index in [0.29, 0.717) is 17.2 Å². The minimum absolute atomic E-state index is 0.0363. The molecule has 10 heteroatoms. The number of nitrogens with zero attached hydrogens (tertiary/aromatic N) is 2. The summed E-state index contributed by atoms with van der Waals surface area (Å²) in [5.74, 6) is 1.42. The smallest absolute Gasteiger partial charge is 0.247 e. The van der Waals surface area contributed by atoms with E-state index in [9.17, 15) is 13.5 Å². The third-order valence-electron chi connectivity index (χ3n) is 7.18. The van der Waals surface area contributed by atoms with Gasteiger partial charge in [0.15, 0.2) is 0 Å². The van der Waals surface area contributed by atoms with Crippen LogP contribution in [0.15, 0.2) is 96.3 Å². The Kier molecular flexibility index (Phi) is 8.37. The molecule has 9 nitrogen and oxygen atoms in total. The Balaban J connectivity index is 1.51. The SMILES string of the molecule is COc1ccc(C(OC[C@H]2O[C@@H](c3ccnc(S(C)(=O)=O)n3)C[C@@H]2O)(c2ccccc2)c2ccc(OC)cc2)cc1. The van der Waals surface area contributed by atoms with Gasteiger partial charge in [0.2, 0.25) is 15.0 Å². The van der Waals surface area contributed by atoms with Gasteiger partial charge in [-0.15, -0.1) is 0 Å². The summed E-state index contributed by atoms with van der Waals surface area (Å²) in [4.78, 5) is 8.03. The van der Waals surface area contributed by atoms with Crippen molar-refractivity contribution in [2.45, 2.75) is 35.5 Å². The zero-order valence-corrected chi connectivity index (χ0v) is 23.8. The predicted octanol–water partition coefficient (Wildman–Crippen LogP) is 4.10. The second kappa shape index (κ2) is 12.0. The molecule has 1 fully saturated rings. The predicted molar refractivity (Wildman–Crippen MR) is 152 cm³/mol. The normalized spacial score (nSPS) is 19.2. The summed E-state index contributed by atoms with van der Waals surface area (Å²) in [7, 11) is -0.364. The lowest BCUT2D eigenvalue weighted by Crippen LogP contribution is -2.38. The lowest BCUT2D eigenvalue weighted by molar-refractivity contribution is -0.0833. The second-order valence-electron chi connectivity index (χ2n) is 9.82. The summed E-state index contributed by atoms with van der Waals surface area (Å²) in [5.41, 5.74) is 1.91. The zero-order valence-electron chi connectivity index (χ0n) is 23.0. The fourth-order valence-electron chi connectivity index (χ4n) is 5.06. The van der Waals surface area contributed by atoms with Crippen LogP contribution in [-0.2, 0) is 24.9 Å². The molecule has 0 radical (unpaired) electrons. The van der Waals surface area contributed by atoms with Crippen LogP contribution in [0.5, 0.6) is 11.5 Å². The molecule has 5 rings (SSSR count). The second-order valence-corrected chi connectivity index (χ2v) is 11.7. The van der Waals surface area contributed by atoms with Gasteiger partial charge >= 0.3 is 0 Å². The molecule has 0 amide bonds. The van der Waals surface area contributed by atoms with Crippen molar-refractivity contribution >= 4 is 9.84 Å². The van der Waals surface area contributed by atoms with Crippen molar-refractivity contribution in [3.8, 4) is 11.5 Å². The van der Waals surface area contributed by atoms with Crippen molar-refractivity contribution in [3.63, 3.8) is 0 Å².